The molecule has 0 spiro atoms. The van der Waals surface area contributed by atoms with Gasteiger partial charge in [-0.15, -0.1) is 21.5 Å². The van der Waals surface area contributed by atoms with E-state index in [0.29, 0.717) is 47.4 Å². The molecule has 20 nitrogen and oxygen atoms in total. The zero-order valence-corrected chi connectivity index (χ0v) is 45.1. The van der Waals surface area contributed by atoms with Crippen molar-refractivity contribution >= 4 is 40.3 Å². The number of nitrogens with zero attached hydrogens (tertiary/aromatic N) is 9. The van der Waals surface area contributed by atoms with Gasteiger partial charge in [0.25, 0.3) is 5.88 Å². The fraction of sp³-hybridized carbons (Fsp3) is 0.491. The normalized spacial score (nSPS) is 23.3. The molecule has 1 saturated carbocycles. The zero-order chi connectivity index (χ0) is 54.0. The quantitative estimate of drug-likeness (QED) is 0.0612. The Bertz CT molecular complexity index is 3020. The number of phenolic OH excluding ortho intramolecular Hbond substituents is 1. The van der Waals surface area contributed by atoms with Gasteiger partial charge in [-0.1, -0.05) is 50.2 Å². The maximum atomic E-state index is 14.3. The number of fused-ring (bicyclic) bond motifs is 2. The van der Waals surface area contributed by atoms with Crippen LogP contribution in [0, 0.1) is 12.8 Å². The molecule has 4 aliphatic heterocycles. The molecule has 4 aromatic heterocycles. The molecule has 2 amide bonds. The van der Waals surface area contributed by atoms with E-state index in [1.165, 1.54) is 4.90 Å². The molecule has 1 aliphatic carbocycles. The average molecular weight is 1080 g/mol. The number of carbonyl (C=O) groups is 2. The first-order valence-corrected chi connectivity index (χ1v) is 28.2. The van der Waals surface area contributed by atoms with Gasteiger partial charge in [-0.2, -0.15) is 0 Å². The number of likely N-dealkylation sites (tertiary alicyclic amines) is 2. The van der Waals surface area contributed by atoms with Gasteiger partial charge in [-0.05, 0) is 79.1 Å². The number of aromatic nitrogens is 5. The lowest BCUT2D eigenvalue weighted by Gasteiger charge is -2.43. The van der Waals surface area contributed by atoms with Gasteiger partial charge in [0.05, 0.1) is 58.4 Å². The van der Waals surface area contributed by atoms with Gasteiger partial charge in [0.15, 0.2) is 11.6 Å². The maximum absolute atomic E-state index is 14.3. The number of piperidine rings is 1. The van der Waals surface area contributed by atoms with Crippen molar-refractivity contribution < 1.29 is 43.6 Å². The number of phenols is 1. The van der Waals surface area contributed by atoms with E-state index in [2.05, 4.69) is 57.5 Å². The van der Waals surface area contributed by atoms with Crippen LogP contribution < -0.4 is 30.3 Å². The third-order valence-electron chi connectivity index (χ3n) is 16.2. The van der Waals surface area contributed by atoms with Crippen LogP contribution in [0.15, 0.2) is 89.0 Å². The number of nitrogens with one attached hydrogen (secondary N) is 1. The molecule has 6 aromatic rings. The van der Waals surface area contributed by atoms with E-state index in [-0.39, 0.29) is 73.4 Å². The minimum absolute atomic E-state index is 0.00727. The number of nitrogen functional groups attached to an aromatic ring is 1. The molecule has 2 bridgehead atoms. The number of aliphatic hydroxyl groups is 2. The van der Waals surface area contributed by atoms with E-state index in [4.69, 9.17) is 24.5 Å². The molecule has 6 atom stereocenters. The number of thiazole rings is 1. The molecule has 2 unspecified atom stereocenters. The van der Waals surface area contributed by atoms with E-state index in [9.17, 15) is 24.9 Å². The molecule has 6 N–H and O–H groups in total. The van der Waals surface area contributed by atoms with Crippen molar-refractivity contribution in [3.05, 3.63) is 102 Å². The Morgan fingerprint density at radius 2 is 1.67 bits per heavy atom. The molecule has 2 aromatic carbocycles. The number of aryl methyl sites for hydroxylation is 1. The molecule has 5 fully saturated rings. The number of β-amino-alcohol motifs (C(OH)–C–C–N with tert-alkyl or cyclic N) is 1. The Morgan fingerprint density at radius 3 is 2.38 bits per heavy atom. The lowest BCUT2D eigenvalue weighted by atomic mass is 9.91. The van der Waals surface area contributed by atoms with Crippen LogP contribution in [0.3, 0.4) is 0 Å². The molecule has 5 aliphatic rings. The summed E-state index contributed by atoms with van der Waals surface area (Å²) in [4.78, 5) is 46.6. The van der Waals surface area contributed by atoms with Gasteiger partial charge >= 0.3 is 0 Å². The molecule has 4 saturated heterocycles. The summed E-state index contributed by atoms with van der Waals surface area (Å²) in [7, 11) is 0. The van der Waals surface area contributed by atoms with Crippen molar-refractivity contribution in [1.82, 2.24) is 40.4 Å². The van der Waals surface area contributed by atoms with E-state index in [0.717, 1.165) is 92.2 Å². The highest BCUT2D eigenvalue weighted by Gasteiger charge is 2.45. The van der Waals surface area contributed by atoms with Crippen LogP contribution in [0.4, 0.5) is 17.2 Å². The summed E-state index contributed by atoms with van der Waals surface area (Å²) >= 11 is 1.55. The fourth-order valence-corrected chi connectivity index (χ4v) is 12.8. The highest BCUT2D eigenvalue weighted by atomic mass is 32.1. The third-order valence-corrected chi connectivity index (χ3v) is 17.1. The van der Waals surface area contributed by atoms with Crippen molar-refractivity contribution in [2.24, 2.45) is 5.92 Å². The van der Waals surface area contributed by atoms with E-state index >= 15 is 0 Å². The average Bonchev–Trinajstić information content (AvgIpc) is 4.26. The van der Waals surface area contributed by atoms with Crippen LogP contribution >= 0.6 is 11.3 Å². The third kappa shape index (κ3) is 11.5. The van der Waals surface area contributed by atoms with E-state index < -0.39 is 30.0 Å². The first-order valence-electron chi connectivity index (χ1n) is 27.3. The fourth-order valence-electron chi connectivity index (χ4n) is 12.0. The van der Waals surface area contributed by atoms with Gasteiger partial charge in [0.2, 0.25) is 17.7 Å². The number of rotatable bonds is 19. The summed E-state index contributed by atoms with van der Waals surface area (Å²) in [5.74, 6) is -0.0271. The van der Waals surface area contributed by atoms with Gasteiger partial charge in [0, 0.05) is 100 Å². The van der Waals surface area contributed by atoms with Crippen molar-refractivity contribution in [2.45, 2.75) is 120 Å². The number of amides is 2. The Hall–Kier alpha value is -6.91. The summed E-state index contributed by atoms with van der Waals surface area (Å²) in [5, 5.41) is 47.1. The standard InChI is InChI=1S/C57H69N11O9S/c1-33(2)53(57(73)67-30-40(70)23-48(67)56(72)61-46(31-69)35-8-10-36(11-9-35)54-34(3)60-32-78-54)50-27-52(64-77-50)74-21-20-65-18-15-41(16-19-65)75-42-24-43(25-42)76-51-22-37(14-17-59-51)68-38-12-13-39(68)29-66(28-38)47-26-45(62-63-55(47)58)44-6-4-5-7-49(44)71/h4-11,14,17,22,26-27,32-33,38-43,46,48,53,69-71H,12-13,15-16,18-21,23-25,28-31H2,1-3H3,(H2,58,63)(H,61,72)/t38?,39?,40-,42-,43-,46+,48+,53+/m1/s1. The Labute approximate surface area is 457 Å². The Morgan fingerprint density at radius 1 is 0.897 bits per heavy atom. The van der Waals surface area contributed by atoms with Crippen LogP contribution in [0.1, 0.15) is 87.8 Å². The maximum Gasteiger partial charge on any atom is 0.254 e. The molecular weight excluding hydrogens is 1010 g/mol. The number of anilines is 3. The second kappa shape index (κ2) is 23.2. The highest BCUT2D eigenvalue weighted by molar-refractivity contribution is 7.13. The number of nitrogens with two attached hydrogens (primary N) is 1. The number of para-hydroxylation sites is 1. The minimum atomic E-state index is -0.939. The molecule has 0 radical (unpaired) electrons. The number of carbonyl (C=O) groups excluding carboxylic acids is 2. The zero-order valence-electron chi connectivity index (χ0n) is 44.3. The molecule has 11 rings (SSSR count). The van der Waals surface area contributed by atoms with Crippen molar-refractivity contribution in [3.8, 4) is 39.2 Å². The van der Waals surface area contributed by atoms with Crippen LogP contribution in [0.2, 0.25) is 0 Å². The SMILES string of the molecule is Cc1ncsc1-c1ccc([C@H](CO)NC(=O)[C@@H]2C[C@@H](O)CN2C(=O)[C@H](c2cc(OCCN3CCC(O[C@H]4C[C@H](Oc5cc(N6C7CCC6CN(c6cc(-c8ccccc8O)nnc6N)C7)ccn5)C4)CC3)no2)C(C)C)cc1. The number of benzene rings is 2. The Balaban J connectivity index is 0.604. The molecule has 78 heavy (non-hydrogen) atoms. The molecular formula is C57H69N11O9S. The predicted octanol–water partition coefficient (Wildman–Crippen LogP) is 6.12. The van der Waals surface area contributed by atoms with Crippen molar-refractivity contribution in [3.63, 3.8) is 0 Å². The van der Waals surface area contributed by atoms with E-state index in [1.807, 2.05) is 69.4 Å². The highest BCUT2D eigenvalue weighted by Crippen LogP contribution is 2.41. The van der Waals surface area contributed by atoms with Crippen LogP contribution in [0.25, 0.3) is 21.7 Å². The van der Waals surface area contributed by atoms with Crippen LogP contribution in [-0.4, -0.2) is 157 Å². The second-order valence-corrected chi connectivity index (χ2v) is 22.6. The van der Waals surface area contributed by atoms with Crippen LogP contribution in [-0.2, 0) is 14.3 Å². The second-order valence-electron chi connectivity index (χ2n) is 21.7. The largest absolute Gasteiger partial charge is 0.507 e. The smallest absolute Gasteiger partial charge is 0.254 e. The lowest BCUT2D eigenvalue weighted by Crippen LogP contribution is -2.54. The number of aliphatic hydroxyl groups excluding tert-OH is 2. The summed E-state index contributed by atoms with van der Waals surface area (Å²) in [6.45, 7) is 9.80. The van der Waals surface area contributed by atoms with Crippen LogP contribution in [0.5, 0.6) is 17.5 Å². The van der Waals surface area contributed by atoms with Gasteiger partial charge in [0.1, 0.15) is 30.4 Å². The monoisotopic (exact) mass is 1080 g/mol. The topological polar surface area (TPSA) is 251 Å². The van der Waals surface area contributed by atoms with Gasteiger partial charge < -0.3 is 59.8 Å². The first-order chi connectivity index (χ1) is 37.8. The number of hydrogen-bond acceptors (Lipinski definition) is 19. The number of aromatic hydroxyl groups is 1. The molecule has 8 heterocycles. The van der Waals surface area contributed by atoms with Gasteiger partial charge in [-0.25, -0.2) is 9.97 Å². The summed E-state index contributed by atoms with van der Waals surface area (Å²) in [6, 6.07) is 21.4. The summed E-state index contributed by atoms with van der Waals surface area (Å²) in [6.07, 6.45) is 7.00. The number of piperazine rings is 1. The van der Waals surface area contributed by atoms with Crippen molar-refractivity contribution in [2.75, 3.05) is 68.0 Å². The first kappa shape index (κ1) is 53.1. The lowest BCUT2D eigenvalue weighted by molar-refractivity contribution is -0.141. The predicted molar refractivity (Wildman–Crippen MR) is 293 cm³/mol. The Kier molecular flexibility index (Phi) is 15.8. The molecule has 412 valence electrons. The number of ether oxygens (including phenoxy) is 3. The summed E-state index contributed by atoms with van der Waals surface area (Å²) in [5.41, 5.74) is 14.0. The number of pyridine rings is 1. The number of hydrogen-bond donors (Lipinski definition) is 5. The molecule has 21 heteroatoms. The van der Waals surface area contributed by atoms with Gasteiger partial charge in [-0.3, -0.25) is 14.5 Å². The minimum Gasteiger partial charge on any atom is -0.507 e. The van der Waals surface area contributed by atoms with E-state index in [1.54, 1.807) is 35.0 Å². The summed E-state index contributed by atoms with van der Waals surface area (Å²) < 4.78 is 24.7. The van der Waals surface area contributed by atoms with Crippen molar-refractivity contribution in [1.29, 1.82) is 0 Å².